The first-order chi connectivity index (χ1) is 12.8. The number of likely N-dealkylation sites (tertiary alicyclic amines) is 1. The number of hydrogen-bond acceptors (Lipinski definition) is 4. The summed E-state index contributed by atoms with van der Waals surface area (Å²) in [4.78, 5) is 13.1. The van der Waals surface area contributed by atoms with Gasteiger partial charge in [-0.25, -0.2) is 0 Å². The minimum Gasteiger partial charge on any atom is -0.481 e. The molecule has 2 saturated heterocycles. The SMILES string of the molecule is CCc1c(B2OC(C)C(C)(C)O2)cccc1C1CCN(CCC(=O)O)CC1. The summed E-state index contributed by atoms with van der Waals surface area (Å²) in [6.07, 6.45) is 3.40. The van der Waals surface area contributed by atoms with Crippen molar-refractivity contribution in [2.45, 2.75) is 71.0 Å². The van der Waals surface area contributed by atoms with Crippen molar-refractivity contribution in [2.75, 3.05) is 19.6 Å². The van der Waals surface area contributed by atoms with Crippen LogP contribution < -0.4 is 5.46 Å². The molecule has 0 spiro atoms. The molecule has 0 aliphatic carbocycles. The Hall–Kier alpha value is -1.37. The van der Waals surface area contributed by atoms with Gasteiger partial charge >= 0.3 is 13.1 Å². The van der Waals surface area contributed by atoms with Crippen LogP contribution in [0.2, 0.25) is 0 Å². The highest BCUT2D eigenvalue weighted by molar-refractivity contribution is 6.62. The Morgan fingerprint density at radius 2 is 2.04 bits per heavy atom. The Labute approximate surface area is 163 Å². The molecule has 2 aliphatic heterocycles. The van der Waals surface area contributed by atoms with Crippen molar-refractivity contribution in [3.05, 3.63) is 29.3 Å². The third-order valence-corrected chi connectivity index (χ3v) is 6.24. The summed E-state index contributed by atoms with van der Waals surface area (Å²) in [5, 5.41) is 8.88. The third kappa shape index (κ3) is 4.56. The highest BCUT2D eigenvalue weighted by atomic mass is 16.7. The van der Waals surface area contributed by atoms with Gasteiger partial charge in [-0.1, -0.05) is 25.1 Å². The summed E-state index contributed by atoms with van der Waals surface area (Å²) in [6, 6.07) is 6.52. The van der Waals surface area contributed by atoms with Crippen LogP contribution in [0.3, 0.4) is 0 Å². The van der Waals surface area contributed by atoms with E-state index < -0.39 is 5.97 Å². The van der Waals surface area contributed by atoms with Gasteiger partial charge in [-0.15, -0.1) is 0 Å². The zero-order chi connectivity index (χ0) is 19.6. The van der Waals surface area contributed by atoms with Crippen molar-refractivity contribution < 1.29 is 19.2 Å². The van der Waals surface area contributed by atoms with Gasteiger partial charge < -0.3 is 19.3 Å². The lowest BCUT2D eigenvalue weighted by Gasteiger charge is -2.33. The van der Waals surface area contributed by atoms with Crippen LogP contribution in [0.5, 0.6) is 0 Å². The number of benzene rings is 1. The molecule has 1 unspecified atom stereocenters. The lowest BCUT2D eigenvalue weighted by atomic mass is 9.72. The maximum atomic E-state index is 10.8. The van der Waals surface area contributed by atoms with Gasteiger partial charge in [0.15, 0.2) is 0 Å². The average Bonchev–Trinajstić information content (AvgIpc) is 2.92. The second-order valence-electron chi connectivity index (χ2n) is 8.36. The summed E-state index contributed by atoms with van der Waals surface area (Å²) in [7, 11) is -0.291. The Morgan fingerprint density at radius 1 is 1.33 bits per heavy atom. The predicted molar refractivity (Wildman–Crippen MR) is 108 cm³/mol. The van der Waals surface area contributed by atoms with Gasteiger partial charge in [0, 0.05) is 6.54 Å². The standard InChI is InChI=1S/C21H32BNO4/c1-5-17-18(16-9-12-23(13-10-16)14-11-20(24)25)7-6-8-19(17)22-26-15(2)21(3,4)27-22/h6-8,15-16H,5,9-14H2,1-4H3,(H,24,25). The van der Waals surface area contributed by atoms with Crippen molar-refractivity contribution in [1.82, 2.24) is 4.90 Å². The lowest BCUT2D eigenvalue weighted by molar-refractivity contribution is -0.137. The summed E-state index contributed by atoms with van der Waals surface area (Å²) < 4.78 is 12.4. The Morgan fingerprint density at radius 3 is 2.59 bits per heavy atom. The molecular formula is C21H32BNO4. The van der Waals surface area contributed by atoms with Crippen LogP contribution in [-0.2, 0) is 20.5 Å². The molecule has 0 bridgehead atoms. The van der Waals surface area contributed by atoms with Crippen molar-refractivity contribution in [3.8, 4) is 0 Å². The Balaban J connectivity index is 1.73. The number of aliphatic carboxylic acids is 1. The fraction of sp³-hybridized carbons (Fsp3) is 0.667. The van der Waals surface area contributed by atoms with Crippen LogP contribution in [0.1, 0.15) is 64.0 Å². The fourth-order valence-corrected chi connectivity index (χ4v) is 4.24. The van der Waals surface area contributed by atoms with Crippen LogP contribution in [-0.4, -0.2) is 54.4 Å². The summed E-state index contributed by atoms with van der Waals surface area (Å²) >= 11 is 0. The highest BCUT2D eigenvalue weighted by Crippen LogP contribution is 2.32. The van der Waals surface area contributed by atoms with E-state index in [9.17, 15) is 4.79 Å². The van der Waals surface area contributed by atoms with Gasteiger partial charge in [0.05, 0.1) is 18.1 Å². The first-order valence-electron chi connectivity index (χ1n) is 10.2. The molecule has 1 N–H and O–H groups in total. The monoisotopic (exact) mass is 373 g/mol. The number of piperidine rings is 1. The van der Waals surface area contributed by atoms with Crippen LogP contribution >= 0.6 is 0 Å². The third-order valence-electron chi connectivity index (χ3n) is 6.24. The topological polar surface area (TPSA) is 59.0 Å². The number of hydrogen-bond donors (Lipinski definition) is 1. The minimum absolute atomic E-state index is 0.0633. The number of rotatable bonds is 6. The molecule has 0 aromatic heterocycles. The first kappa shape index (κ1) is 20.4. The molecule has 1 aromatic carbocycles. The normalized spacial score (nSPS) is 23.7. The first-order valence-corrected chi connectivity index (χ1v) is 10.2. The van der Waals surface area contributed by atoms with Gasteiger partial charge in [-0.2, -0.15) is 0 Å². The number of carboxylic acid groups (broad SMARTS) is 1. The van der Waals surface area contributed by atoms with Gasteiger partial charge in [0.25, 0.3) is 0 Å². The summed E-state index contributed by atoms with van der Waals surface area (Å²) in [5.74, 6) is -0.195. The molecule has 1 atom stereocenters. The molecular weight excluding hydrogens is 341 g/mol. The van der Waals surface area contributed by atoms with Gasteiger partial charge in [0.2, 0.25) is 0 Å². The molecule has 6 heteroatoms. The second-order valence-corrected chi connectivity index (χ2v) is 8.36. The molecule has 27 heavy (non-hydrogen) atoms. The smallest absolute Gasteiger partial charge is 0.481 e. The molecule has 0 saturated carbocycles. The zero-order valence-corrected chi connectivity index (χ0v) is 17.0. The van der Waals surface area contributed by atoms with Crippen molar-refractivity contribution in [1.29, 1.82) is 0 Å². The molecule has 0 radical (unpaired) electrons. The van der Waals surface area contributed by atoms with Crippen LogP contribution in [0.25, 0.3) is 0 Å². The molecule has 5 nitrogen and oxygen atoms in total. The number of carbonyl (C=O) groups is 1. The van der Waals surface area contributed by atoms with E-state index in [0.717, 1.165) is 32.4 Å². The van der Waals surface area contributed by atoms with E-state index >= 15 is 0 Å². The van der Waals surface area contributed by atoms with Gasteiger partial charge in [-0.3, -0.25) is 4.79 Å². The minimum atomic E-state index is -0.716. The fourth-order valence-electron chi connectivity index (χ4n) is 4.24. The molecule has 2 aliphatic rings. The Kier molecular flexibility index (Phi) is 6.29. The Bertz CT molecular complexity index is 670. The van der Waals surface area contributed by atoms with Crippen LogP contribution in [0.15, 0.2) is 18.2 Å². The van der Waals surface area contributed by atoms with Crippen molar-refractivity contribution in [3.63, 3.8) is 0 Å². The molecule has 0 amide bonds. The molecule has 2 heterocycles. The molecule has 1 aromatic rings. The van der Waals surface area contributed by atoms with E-state index in [2.05, 4.69) is 50.8 Å². The van der Waals surface area contributed by atoms with E-state index in [0.29, 0.717) is 12.5 Å². The summed E-state index contributed by atoms with van der Waals surface area (Å²) in [5.41, 5.74) is 3.66. The lowest BCUT2D eigenvalue weighted by Crippen LogP contribution is -2.38. The van der Waals surface area contributed by atoms with E-state index in [1.54, 1.807) is 0 Å². The summed E-state index contributed by atoms with van der Waals surface area (Å²) in [6.45, 7) is 11.0. The molecule has 3 rings (SSSR count). The van der Waals surface area contributed by atoms with Crippen molar-refractivity contribution in [2.24, 2.45) is 0 Å². The zero-order valence-electron chi connectivity index (χ0n) is 17.0. The molecule has 2 fully saturated rings. The predicted octanol–water partition coefficient (Wildman–Crippen LogP) is 2.81. The maximum absolute atomic E-state index is 10.8. The van der Waals surface area contributed by atoms with E-state index in [1.807, 2.05) is 0 Å². The number of carboxylic acids is 1. The highest BCUT2D eigenvalue weighted by Gasteiger charge is 2.44. The van der Waals surface area contributed by atoms with Crippen LogP contribution in [0, 0.1) is 0 Å². The van der Waals surface area contributed by atoms with Crippen molar-refractivity contribution >= 4 is 18.6 Å². The largest absolute Gasteiger partial charge is 0.494 e. The maximum Gasteiger partial charge on any atom is 0.494 e. The second kappa shape index (κ2) is 8.33. The van der Waals surface area contributed by atoms with E-state index in [1.165, 1.54) is 16.6 Å². The van der Waals surface area contributed by atoms with E-state index in [4.69, 9.17) is 14.4 Å². The average molecular weight is 373 g/mol. The van der Waals surface area contributed by atoms with E-state index in [-0.39, 0.29) is 25.2 Å². The van der Waals surface area contributed by atoms with Gasteiger partial charge in [0.1, 0.15) is 0 Å². The quantitative estimate of drug-likeness (QED) is 0.778. The van der Waals surface area contributed by atoms with Gasteiger partial charge in [-0.05, 0) is 75.6 Å². The number of nitrogens with zero attached hydrogens (tertiary/aromatic N) is 1. The van der Waals surface area contributed by atoms with Crippen LogP contribution in [0.4, 0.5) is 0 Å². The molecule has 148 valence electrons.